The van der Waals surface area contributed by atoms with Crippen LogP contribution >= 0.6 is 11.6 Å². The molecule has 116 valence electrons. The van der Waals surface area contributed by atoms with E-state index in [9.17, 15) is 4.79 Å². The van der Waals surface area contributed by atoms with Gasteiger partial charge in [-0.05, 0) is 35.6 Å². The van der Waals surface area contributed by atoms with Gasteiger partial charge in [0.1, 0.15) is 0 Å². The van der Waals surface area contributed by atoms with Crippen LogP contribution in [0, 0.1) is 16.7 Å². The van der Waals surface area contributed by atoms with Crippen molar-refractivity contribution in [1.29, 1.82) is 5.26 Å². The maximum atomic E-state index is 12.5. The van der Waals surface area contributed by atoms with E-state index in [0.29, 0.717) is 16.3 Å². The van der Waals surface area contributed by atoms with Crippen LogP contribution in [0.25, 0.3) is 5.70 Å². The normalized spacial score (nSPS) is 15.5. The van der Waals surface area contributed by atoms with E-state index in [1.807, 2.05) is 12.1 Å². The van der Waals surface area contributed by atoms with E-state index < -0.39 is 0 Å². The number of aromatic nitrogens is 1. The minimum atomic E-state index is -0.313. The first-order valence-electron chi connectivity index (χ1n) is 7.25. The molecule has 1 heterocycles. The zero-order valence-electron chi connectivity index (χ0n) is 12.9. The topological polar surface area (TPSA) is 71.8 Å². The largest absolute Gasteiger partial charge is 0.394 e. The van der Waals surface area contributed by atoms with Crippen molar-refractivity contribution in [3.8, 4) is 6.07 Å². The Morgan fingerprint density at radius 3 is 2.78 bits per heavy atom. The lowest BCUT2D eigenvalue weighted by molar-refractivity contribution is 0.470. The molecule has 2 N–H and O–H groups in total. The molecule has 1 aromatic heterocycles. The van der Waals surface area contributed by atoms with E-state index in [0.717, 1.165) is 17.5 Å². The van der Waals surface area contributed by atoms with Gasteiger partial charge < -0.3 is 5.73 Å². The SMILES string of the molecule is CC1(C)C=C(n2cc(Cl)cc(N)c2=O)c2cc(C#N)ccc2C1. The van der Waals surface area contributed by atoms with Crippen molar-refractivity contribution >= 4 is 23.0 Å². The standard InChI is InChI=1S/C18H16ClN3O/c1-18(2)7-12-4-3-11(9-20)5-14(12)16(8-18)22-10-13(19)6-15(21)17(22)23/h3-6,8,10H,7,21H2,1-2H3. The van der Waals surface area contributed by atoms with Crippen LogP contribution in [0.4, 0.5) is 5.69 Å². The Hall–Kier alpha value is -2.51. The van der Waals surface area contributed by atoms with Gasteiger partial charge in [-0.25, -0.2) is 0 Å². The van der Waals surface area contributed by atoms with Crippen molar-refractivity contribution in [2.75, 3.05) is 5.73 Å². The summed E-state index contributed by atoms with van der Waals surface area (Å²) < 4.78 is 1.47. The third kappa shape index (κ3) is 2.76. The molecule has 1 aliphatic carbocycles. The fraction of sp³-hybridized carbons (Fsp3) is 0.222. The number of hydrogen-bond acceptors (Lipinski definition) is 3. The fourth-order valence-electron chi connectivity index (χ4n) is 2.98. The third-order valence-electron chi connectivity index (χ3n) is 3.96. The lowest BCUT2D eigenvalue weighted by Crippen LogP contribution is -2.27. The quantitative estimate of drug-likeness (QED) is 0.873. The monoisotopic (exact) mass is 325 g/mol. The Balaban J connectivity index is 2.33. The summed E-state index contributed by atoms with van der Waals surface area (Å²) >= 11 is 6.08. The van der Waals surface area contributed by atoms with Crippen LogP contribution in [0.3, 0.4) is 0 Å². The van der Waals surface area contributed by atoms with Crippen molar-refractivity contribution in [3.05, 3.63) is 68.6 Å². The minimum Gasteiger partial charge on any atom is -0.394 e. The molecule has 23 heavy (non-hydrogen) atoms. The summed E-state index contributed by atoms with van der Waals surface area (Å²) in [5.74, 6) is 0. The van der Waals surface area contributed by atoms with E-state index in [2.05, 4.69) is 19.9 Å². The molecule has 5 heteroatoms. The molecule has 0 radical (unpaired) electrons. The summed E-state index contributed by atoms with van der Waals surface area (Å²) in [7, 11) is 0. The Labute approximate surface area is 139 Å². The zero-order chi connectivity index (χ0) is 16.8. The molecule has 0 aliphatic heterocycles. The van der Waals surface area contributed by atoms with Crippen LogP contribution in [0.2, 0.25) is 5.02 Å². The van der Waals surface area contributed by atoms with Gasteiger partial charge in [-0.15, -0.1) is 0 Å². The van der Waals surface area contributed by atoms with Gasteiger partial charge in [0.2, 0.25) is 0 Å². The molecule has 0 saturated heterocycles. The molecular formula is C18H16ClN3O. The average molecular weight is 326 g/mol. The second kappa shape index (κ2) is 5.29. The lowest BCUT2D eigenvalue weighted by atomic mass is 9.77. The lowest BCUT2D eigenvalue weighted by Gasteiger charge is -2.30. The van der Waals surface area contributed by atoms with Crippen LogP contribution in [0.1, 0.15) is 30.5 Å². The Kier molecular flexibility index (Phi) is 3.54. The number of allylic oxidation sites excluding steroid dienone is 1. The highest BCUT2D eigenvalue weighted by Crippen LogP contribution is 2.37. The van der Waals surface area contributed by atoms with Crippen molar-refractivity contribution in [3.63, 3.8) is 0 Å². The maximum Gasteiger partial charge on any atom is 0.278 e. The van der Waals surface area contributed by atoms with Gasteiger partial charge in [0.15, 0.2) is 0 Å². The maximum absolute atomic E-state index is 12.5. The van der Waals surface area contributed by atoms with Crippen molar-refractivity contribution < 1.29 is 0 Å². The number of pyridine rings is 1. The number of nitriles is 1. The Morgan fingerprint density at radius 1 is 1.35 bits per heavy atom. The highest BCUT2D eigenvalue weighted by Gasteiger charge is 2.27. The first-order valence-corrected chi connectivity index (χ1v) is 7.63. The highest BCUT2D eigenvalue weighted by molar-refractivity contribution is 6.30. The van der Waals surface area contributed by atoms with Gasteiger partial charge in [-0.2, -0.15) is 5.26 Å². The summed E-state index contributed by atoms with van der Waals surface area (Å²) in [6.45, 7) is 4.21. The second-order valence-corrected chi connectivity index (χ2v) is 6.90. The molecular weight excluding hydrogens is 310 g/mol. The van der Waals surface area contributed by atoms with Crippen LogP contribution in [0.5, 0.6) is 0 Å². The smallest absolute Gasteiger partial charge is 0.278 e. The van der Waals surface area contributed by atoms with Crippen molar-refractivity contribution in [2.24, 2.45) is 5.41 Å². The van der Waals surface area contributed by atoms with Gasteiger partial charge in [0.25, 0.3) is 5.56 Å². The predicted molar refractivity (Wildman–Crippen MR) is 92.1 cm³/mol. The van der Waals surface area contributed by atoms with Gasteiger partial charge in [0.05, 0.1) is 28.0 Å². The van der Waals surface area contributed by atoms with Crippen LogP contribution in [-0.2, 0) is 6.42 Å². The number of nitrogens with two attached hydrogens (primary N) is 1. The molecule has 0 spiro atoms. The van der Waals surface area contributed by atoms with E-state index in [1.165, 1.54) is 10.6 Å². The number of halogens is 1. The zero-order valence-corrected chi connectivity index (χ0v) is 13.7. The van der Waals surface area contributed by atoms with E-state index >= 15 is 0 Å². The molecule has 0 bridgehead atoms. The predicted octanol–water partition coefficient (Wildman–Crippen LogP) is 3.43. The molecule has 0 fully saturated rings. The minimum absolute atomic E-state index is 0.0970. The number of benzene rings is 1. The molecule has 2 aromatic rings. The summed E-state index contributed by atoms with van der Waals surface area (Å²) in [6, 6.07) is 9.14. The van der Waals surface area contributed by atoms with Gasteiger partial charge in [-0.1, -0.05) is 37.6 Å². The van der Waals surface area contributed by atoms with Crippen LogP contribution in [0.15, 0.2) is 41.3 Å². The first-order chi connectivity index (χ1) is 10.8. The molecule has 3 rings (SSSR count). The molecule has 0 unspecified atom stereocenters. The van der Waals surface area contributed by atoms with Gasteiger partial charge in [-0.3, -0.25) is 9.36 Å². The molecule has 1 aliphatic rings. The molecule has 0 saturated carbocycles. The van der Waals surface area contributed by atoms with Crippen molar-refractivity contribution in [1.82, 2.24) is 4.57 Å². The Morgan fingerprint density at radius 2 is 2.09 bits per heavy atom. The highest BCUT2D eigenvalue weighted by atomic mass is 35.5. The first kappa shape index (κ1) is 15.4. The van der Waals surface area contributed by atoms with Gasteiger partial charge in [0, 0.05) is 11.8 Å². The summed E-state index contributed by atoms with van der Waals surface area (Å²) in [4.78, 5) is 12.5. The average Bonchev–Trinajstić information content (AvgIpc) is 2.49. The molecule has 1 aromatic carbocycles. The van der Waals surface area contributed by atoms with Crippen LogP contribution < -0.4 is 11.3 Å². The number of fused-ring (bicyclic) bond motifs is 1. The summed E-state index contributed by atoms with van der Waals surface area (Å²) in [6.07, 6.45) is 4.44. The third-order valence-corrected chi connectivity index (χ3v) is 4.17. The fourth-order valence-corrected chi connectivity index (χ4v) is 3.19. The van der Waals surface area contributed by atoms with Gasteiger partial charge >= 0.3 is 0 Å². The molecule has 0 atom stereocenters. The number of nitrogens with zero attached hydrogens (tertiary/aromatic N) is 2. The number of hydrogen-bond donors (Lipinski definition) is 1. The number of anilines is 1. The Bertz CT molecular complexity index is 932. The van der Waals surface area contributed by atoms with Crippen LogP contribution in [-0.4, -0.2) is 4.57 Å². The molecule has 4 nitrogen and oxygen atoms in total. The molecule has 0 amide bonds. The van der Waals surface area contributed by atoms with E-state index in [1.54, 1.807) is 18.3 Å². The number of rotatable bonds is 1. The second-order valence-electron chi connectivity index (χ2n) is 6.47. The van der Waals surface area contributed by atoms with Crippen molar-refractivity contribution in [2.45, 2.75) is 20.3 Å². The summed E-state index contributed by atoms with van der Waals surface area (Å²) in [5.41, 5.74) is 8.67. The van der Waals surface area contributed by atoms with E-state index in [-0.39, 0.29) is 16.7 Å². The number of nitrogen functional groups attached to an aromatic ring is 1. The summed E-state index contributed by atoms with van der Waals surface area (Å²) in [5, 5.41) is 9.56. The van der Waals surface area contributed by atoms with E-state index in [4.69, 9.17) is 22.6 Å².